The lowest BCUT2D eigenvalue weighted by Crippen LogP contribution is -2.47. The third-order valence-electron chi connectivity index (χ3n) is 5.45. The molecule has 2 heterocycles. The highest BCUT2D eigenvalue weighted by Crippen LogP contribution is 2.33. The largest absolute Gasteiger partial charge is 0.493 e. The van der Waals surface area contributed by atoms with E-state index in [4.69, 9.17) is 14.5 Å². The van der Waals surface area contributed by atoms with E-state index in [-0.39, 0.29) is 35.4 Å². The molecule has 0 saturated carbocycles. The van der Waals surface area contributed by atoms with Crippen LogP contribution in [0.2, 0.25) is 0 Å². The molecule has 0 amide bonds. The van der Waals surface area contributed by atoms with Gasteiger partial charge in [-0.3, -0.25) is 4.99 Å². The van der Waals surface area contributed by atoms with Crippen molar-refractivity contribution in [2.24, 2.45) is 4.99 Å². The van der Waals surface area contributed by atoms with Crippen LogP contribution in [0.1, 0.15) is 44.4 Å². The number of hydrogen-bond donors (Lipinski definition) is 2. The Morgan fingerprint density at radius 3 is 2.68 bits per heavy atom. The Balaban J connectivity index is 0.00000341. The fourth-order valence-electron chi connectivity index (χ4n) is 3.69. The van der Waals surface area contributed by atoms with Crippen molar-refractivity contribution in [1.29, 1.82) is 0 Å². The normalized spacial score (nSPS) is 16.2. The highest BCUT2D eigenvalue weighted by molar-refractivity contribution is 14.0. The highest BCUT2D eigenvalue weighted by atomic mass is 127. The van der Waals surface area contributed by atoms with E-state index in [2.05, 4.69) is 47.6 Å². The van der Waals surface area contributed by atoms with Gasteiger partial charge in [0.05, 0.1) is 27.3 Å². The van der Waals surface area contributed by atoms with E-state index in [1.54, 1.807) is 14.2 Å². The fourth-order valence-corrected chi connectivity index (χ4v) is 3.69. The first kappa shape index (κ1) is 25.2. The molecule has 3 rings (SSSR count). The number of aliphatic imine (C=N–C) groups is 1. The Morgan fingerprint density at radius 2 is 2.00 bits per heavy atom. The summed E-state index contributed by atoms with van der Waals surface area (Å²) in [7, 11) is 3.31. The molecule has 1 aromatic carbocycles. The summed E-state index contributed by atoms with van der Waals surface area (Å²) >= 11 is 0. The number of nitrogens with zero attached hydrogens (tertiary/aromatic N) is 4. The third-order valence-corrected chi connectivity index (χ3v) is 5.45. The maximum atomic E-state index is 5.47. The summed E-state index contributed by atoms with van der Waals surface area (Å²) < 4.78 is 12.8. The van der Waals surface area contributed by atoms with Crippen molar-refractivity contribution in [3.63, 3.8) is 0 Å². The number of halogens is 1. The maximum Gasteiger partial charge on any atom is 0.191 e. The minimum Gasteiger partial charge on any atom is -0.493 e. The molecule has 2 aromatic rings. The van der Waals surface area contributed by atoms with Crippen LogP contribution in [0.4, 0.5) is 0 Å². The number of methoxy groups -OCH3 is 2. The first-order chi connectivity index (χ1) is 14.4. The lowest BCUT2D eigenvalue weighted by Gasteiger charge is -2.27. The van der Waals surface area contributed by atoms with Gasteiger partial charge in [-0.25, -0.2) is 9.67 Å². The minimum atomic E-state index is -0.162. The number of nitrogens with one attached hydrogen (secondary N) is 2. The summed E-state index contributed by atoms with van der Waals surface area (Å²) in [5.41, 5.74) is 0.991. The highest BCUT2D eigenvalue weighted by Gasteiger charge is 2.24. The molecule has 0 fully saturated rings. The summed E-state index contributed by atoms with van der Waals surface area (Å²) in [5, 5.41) is 11.4. The SMILES string of the molecule is CCNC(=NCC(C)(C)c1ccc(OC)c(OC)c1)NC1CCc2nc(C)nn2C1.I. The van der Waals surface area contributed by atoms with E-state index in [9.17, 15) is 0 Å². The van der Waals surface area contributed by atoms with Gasteiger partial charge < -0.3 is 20.1 Å². The number of ether oxygens (including phenoxy) is 2. The van der Waals surface area contributed by atoms with E-state index >= 15 is 0 Å². The van der Waals surface area contributed by atoms with Crippen LogP contribution in [0.15, 0.2) is 23.2 Å². The molecule has 1 aliphatic heterocycles. The molecular formula is C22H35IN6O2. The standard InChI is InChI=1S/C22H34N6O2.HI/c1-7-23-21(26-17-9-11-20-25-15(2)27-28(20)13-17)24-14-22(3,4)16-8-10-18(29-5)19(12-16)30-6;/h8,10,12,17H,7,9,11,13-14H2,1-6H3,(H2,23,24,26);1H. The molecule has 8 nitrogen and oxygen atoms in total. The van der Waals surface area contributed by atoms with Crippen LogP contribution in [0.5, 0.6) is 11.5 Å². The molecule has 1 unspecified atom stereocenters. The molecule has 2 N–H and O–H groups in total. The van der Waals surface area contributed by atoms with Crippen molar-refractivity contribution in [2.45, 2.75) is 58.5 Å². The minimum absolute atomic E-state index is 0. The van der Waals surface area contributed by atoms with Gasteiger partial charge in [0.2, 0.25) is 0 Å². The van der Waals surface area contributed by atoms with Gasteiger partial charge in [-0.15, -0.1) is 24.0 Å². The van der Waals surface area contributed by atoms with Crippen LogP contribution in [0.3, 0.4) is 0 Å². The van der Waals surface area contributed by atoms with Crippen molar-refractivity contribution in [1.82, 2.24) is 25.4 Å². The van der Waals surface area contributed by atoms with Crippen molar-refractivity contribution in [3.05, 3.63) is 35.4 Å². The van der Waals surface area contributed by atoms with Crippen LogP contribution < -0.4 is 20.1 Å². The smallest absolute Gasteiger partial charge is 0.191 e. The van der Waals surface area contributed by atoms with Gasteiger partial charge >= 0.3 is 0 Å². The van der Waals surface area contributed by atoms with Gasteiger partial charge in [-0.2, -0.15) is 5.10 Å². The monoisotopic (exact) mass is 542 g/mol. The summed E-state index contributed by atoms with van der Waals surface area (Å²) in [6, 6.07) is 6.33. The molecule has 0 aliphatic carbocycles. The number of benzene rings is 1. The lowest BCUT2D eigenvalue weighted by atomic mass is 9.84. The Labute approximate surface area is 202 Å². The molecule has 0 radical (unpaired) electrons. The molecule has 9 heteroatoms. The van der Waals surface area contributed by atoms with E-state index in [0.717, 1.165) is 60.6 Å². The molecular weight excluding hydrogens is 507 g/mol. The fraction of sp³-hybridized carbons (Fsp3) is 0.591. The Hall–Kier alpha value is -2.04. The number of rotatable bonds is 7. The van der Waals surface area contributed by atoms with Crippen LogP contribution in [-0.4, -0.2) is 54.1 Å². The Morgan fingerprint density at radius 1 is 1.26 bits per heavy atom. The number of fused-ring (bicyclic) bond motifs is 1. The molecule has 0 bridgehead atoms. The van der Waals surface area contributed by atoms with Crippen LogP contribution >= 0.6 is 24.0 Å². The van der Waals surface area contributed by atoms with E-state index in [1.807, 2.05) is 23.7 Å². The van der Waals surface area contributed by atoms with Crippen molar-refractivity contribution in [2.75, 3.05) is 27.3 Å². The van der Waals surface area contributed by atoms with Crippen LogP contribution in [0.25, 0.3) is 0 Å². The summed E-state index contributed by atoms with van der Waals surface area (Å²) in [4.78, 5) is 9.38. The maximum absolute atomic E-state index is 5.47. The molecule has 172 valence electrons. The molecule has 1 aliphatic rings. The summed E-state index contributed by atoms with van der Waals surface area (Å²) in [6.07, 6.45) is 1.94. The molecule has 31 heavy (non-hydrogen) atoms. The summed E-state index contributed by atoms with van der Waals surface area (Å²) in [6.45, 7) is 10.6. The average Bonchev–Trinajstić information content (AvgIpc) is 3.11. The average molecular weight is 542 g/mol. The second-order valence-electron chi connectivity index (χ2n) is 8.29. The molecule has 1 atom stereocenters. The molecule has 0 saturated heterocycles. The van der Waals surface area contributed by atoms with Crippen molar-refractivity contribution in [3.8, 4) is 11.5 Å². The van der Waals surface area contributed by atoms with Crippen molar-refractivity contribution < 1.29 is 9.47 Å². The topological polar surface area (TPSA) is 85.6 Å². The predicted molar refractivity (Wildman–Crippen MR) is 134 cm³/mol. The van der Waals surface area contributed by atoms with Gasteiger partial charge in [0, 0.05) is 24.4 Å². The zero-order valence-electron chi connectivity index (χ0n) is 19.4. The first-order valence-corrected chi connectivity index (χ1v) is 10.5. The van der Waals surface area contributed by atoms with Gasteiger partial charge in [-0.05, 0) is 38.0 Å². The number of guanidine groups is 1. The number of hydrogen-bond acceptors (Lipinski definition) is 5. The van der Waals surface area contributed by atoms with Crippen molar-refractivity contribution >= 4 is 29.9 Å². The van der Waals surface area contributed by atoms with Crippen LogP contribution in [0, 0.1) is 6.92 Å². The second kappa shape index (κ2) is 11.0. The van der Waals surface area contributed by atoms with E-state index < -0.39 is 0 Å². The first-order valence-electron chi connectivity index (χ1n) is 10.5. The molecule has 0 spiro atoms. The Bertz CT molecular complexity index is 896. The second-order valence-corrected chi connectivity index (χ2v) is 8.29. The summed E-state index contributed by atoms with van der Waals surface area (Å²) in [5.74, 6) is 4.20. The predicted octanol–water partition coefficient (Wildman–Crippen LogP) is 3.07. The van der Waals surface area contributed by atoms with Crippen LogP contribution in [-0.2, 0) is 18.4 Å². The number of aryl methyl sites for hydroxylation is 2. The van der Waals surface area contributed by atoms with Gasteiger partial charge in [0.25, 0.3) is 0 Å². The zero-order valence-corrected chi connectivity index (χ0v) is 21.7. The number of aromatic nitrogens is 3. The third kappa shape index (κ3) is 6.24. The van der Waals surface area contributed by atoms with Gasteiger partial charge in [-0.1, -0.05) is 19.9 Å². The Kier molecular flexibility index (Phi) is 8.96. The van der Waals surface area contributed by atoms with E-state index in [1.165, 1.54) is 0 Å². The van der Waals surface area contributed by atoms with Gasteiger partial charge in [0.15, 0.2) is 17.5 Å². The van der Waals surface area contributed by atoms with Gasteiger partial charge in [0.1, 0.15) is 11.6 Å². The molecule has 1 aromatic heterocycles. The zero-order chi connectivity index (χ0) is 21.7. The lowest BCUT2D eigenvalue weighted by molar-refractivity contribution is 0.353. The quantitative estimate of drug-likeness (QED) is 0.318. The van der Waals surface area contributed by atoms with E-state index in [0.29, 0.717) is 6.54 Å².